The Morgan fingerprint density at radius 2 is 1.34 bits per heavy atom. The van der Waals surface area contributed by atoms with E-state index in [0.717, 1.165) is 50.6 Å². The van der Waals surface area contributed by atoms with Crippen molar-refractivity contribution in [3.63, 3.8) is 0 Å². The molecular weight excluding hydrogens is 434 g/mol. The van der Waals surface area contributed by atoms with Gasteiger partial charge < -0.3 is 19.1 Å². The standard InChI is InChI=1S/C31H31NO3/c1-20-17-26(34-6)19-29-28(20)18-21(2)27-15-16-31(35-30(27)29,23-9-13-25(33-5)14-10-23)22-7-11-24(12-8-22)32(3)4/h7-19H,1-6H3. The van der Waals surface area contributed by atoms with E-state index in [1.54, 1.807) is 14.2 Å². The summed E-state index contributed by atoms with van der Waals surface area (Å²) in [6.07, 6.45) is 4.38. The van der Waals surface area contributed by atoms with Crippen LogP contribution in [-0.2, 0) is 5.60 Å². The number of ether oxygens (including phenoxy) is 3. The van der Waals surface area contributed by atoms with Crippen molar-refractivity contribution in [1.82, 2.24) is 0 Å². The van der Waals surface area contributed by atoms with Gasteiger partial charge in [0, 0.05) is 41.9 Å². The van der Waals surface area contributed by atoms with Crippen LogP contribution in [0.15, 0.2) is 72.8 Å². The van der Waals surface area contributed by atoms with Gasteiger partial charge in [0.2, 0.25) is 0 Å². The first-order chi connectivity index (χ1) is 16.9. The lowest BCUT2D eigenvalue weighted by atomic mass is 9.82. The van der Waals surface area contributed by atoms with Crippen molar-refractivity contribution in [2.45, 2.75) is 19.4 Å². The van der Waals surface area contributed by atoms with E-state index < -0.39 is 5.60 Å². The fourth-order valence-electron chi connectivity index (χ4n) is 4.92. The van der Waals surface area contributed by atoms with Gasteiger partial charge in [-0.2, -0.15) is 0 Å². The SMILES string of the molecule is COc1ccc(C2(c3ccc(N(C)C)cc3)C=Cc3c(C)cc4c(C)cc(OC)cc4c3O2)cc1. The fourth-order valence-corrected chi connectivity index (χ4v) is 4.92. The second kappa shape index (κ2) is 8.70. The predicted molar refractivity (Wildman–Crippen MR) is 144 cm³/mol. The molecule has 0 saturated carbocycles. The van der Waals surface area contributed by atoms with Gasteiger partial charge in [-0.15, -0.1) is 0 Å². The summed E-state index contributed by atoms with van der Waals surface area (Å²) in [6, 6.07) is 23.1. The summed E-state index contributed by atoms with van der Waals surface area (Å²) in [4.78, 5) is 2.10. The maximum Gasteiger partial charge on any atom is 0.178 e. The van der Waals surface area contributed by atoms with Crippen molar-refractivity contribution < 1.29 is 14.2 Å². The third kappa shape index (κ3) is 3.79. The van der Waals surface area contributed by atoms with Gasteiger partial charge in [-0.1, -0.05) is 36.4 Å². The molecule has 4 heteroatoms. The molecule has 0 aromatic heterocycles. The Morgan fingerprint density at radius 1 is 0.714 bits per heavy atom. The highest BCUT2D eigenvalue weighted by Gasteiger charge is 2.38. The molecule has 1 heterocycles. The zero-order chi connectivity index (χ0) is 24.7. The van der Waals surface area contributed by atoms with Crippen LogP contribution in [0.3, 0.4) is 0 Å². The van der Waals surface area contributed by atoms with Gasteiger partial charge in [0.1, 0.15) is 17.2 Å². The molecule has 4 aromatic carbocycles. The third-order valence-corrected chi connectivity index (χ3v) is 6.95. The van der Waals surface area contributed by atoms with E-state index in [1.807, 2.05) is 26.2 Å². The Morgan fingerprint density at radius 3 is 1.94 bits per heavy atom. The Hall–Kier alpha value is -3.92. The van der Waals surface area contributed by atoms with Gasteiger partial charge in [-0.3, -0.25) is 0 Å². The second-order valence-electron chi connectivity index (χ2n) is 9.32. The van der Waals surface area contributed by atoms with Gasteiger partial charge in [0.25, 0.3) is 0 Å². The molecule has 0 saturated heterocycles. The molecule has 0 radical (unpaired) electrons. The van der Waals surface area contributed by atoms with Gasteiger partial charge in [-0.05, 0) is 72.8 Å². The number of methoxy groups -OCH3 is 2. The Bertz CT molecular complexity index is 1420. The molecule has 0 N–H and O–H groups in total. The number of anilines is 1. The highest BCUT2D eigenvalue weighted by Crippen LogP contribution is 2.47. The van der Waals surface area contributed by atoms with Crippen molar-refractivity contribution >= 4 is 22.5 Å². The van der Waals surface area contributed by atoms with E-state index in [-0.39, 0.29) is 0 Å². The fraction of sp³-hybridized carbons (Fsp3) is 0.226. The smallest absolute Gasteiger partial charge is 0.178 e. The number of rotatable bonds is 5. The molecule has 0 spiro atoms. The molecule has 0 amide bonds. The van der Waals surface area contributed by atoms with Crippen LogP contribution in [0.1, 0.15) is 27.8 Å². The number of aryl methyl sites for hydroxylation is 2. The van der Waals surface area contributed by atoms with Gasteiger partial charge in [0.15, 0.2) is 5.60 Å². The summed E-state index contributed by atoms with van der Waals surface area (Å²) in [5.41, 5.74) is 5.88. The van der Waals surface area contributed by atoms with Crippen LogP contribution in [-0.4, -0.2) is 28.3 Å². The Balaban J connectivity index is 1.76. The number of benzene rings is 4. The minimum Gasteiger partial charge on any atom is -0.497 e. The lowest BCUT2D eigenvalue weighted by Crippen LogP contribution is -2.34. The molecule has 1 aliphatic rings. The van der Waals surface area contributed by atoms with E-state index in [1.165, 1.54) is 10.9 Å². The van der Waals surface area contributed by atoms with E-state index in [2.05, 4.69) is 85.5 Å². The Kier molecular flexibility index (Phi) is 5.68. The quantitative estimate of drug-likeness (QED) is 0.321. The number of nitrogens with zero attached hydrogens (tertiary/aromatic N) is 1. The summed E-state index contributed by atoms with van der Waals surface area (Å²) < 4.78 is 18.2. The minimum atomic E-state index is -0.790. The topological polar surface area (TPSA) is 30.9 Å². The molecule has 0 bridgehead atoms. The first kappa shape index (κ1) is 22.9. The zero-order valence-electron chi connectivity index (χ0n) is 21.2. The molecule has 4 nitrogen and oxygen atoms in total. The molecule has 178 valence electrons. The maximum absolute atomic E-state index is 7.12. The number of hydrogen-bond acceptors (Lipinski definition) is 4. The lowest BCUT2D eigenvalue weighted by Gasteiger charge is -2.37. The number of hydrogen-bond donors (Lipinski definition) is 0. The first-order valence-corrected chi connectivity index (χ1v) is 11.8. The molecule has 1 aliphatic heterocycles. The molecule has 0 fully saturated rings. The van der Waals surface area contributed by atoms with Crippen LogP contribution < -0.4 is 19.1 Å². The monoisotopic (exact) mass is 465 g/mol. The molecular formula is C31H31NO3. The Labute approximate surface area is 207 Å². The van der Waals surface area contributed by atoms with Gasteiger partial charge in [0.05, 0.1) is 14.2 Å². The van der Waals surface area contributed by atoms with E-state index in [9.17, 15) is 0 Å². The summed E-state index contributed by atoms with van der Waals surface area (Å²) in [5, 5.41) is 2.22. The molecule has 5 rings (SSSR count). The van der Waals surface area contributed by atoms with Gasteiger partial charge >= 0.3 is 0 Å². The van der Waals surface area contributed by atoms with Crippen LogP contribution in [0.5, 0.6) is 17.2 Å². The molecule has 0 aliphatic carbocycles. The molecule has 35 heavy (non-hydrogen) atoms. The van der Waals surface area contributed by atoms with Gasteiger partial charge in [-0.25, -0.2) is 0 Å². The first-order valence-electron chi connectivity index (χ1n) is 11.8. The minimum absolute atomic E-state index is 0.790. The summed E-state index contributed by atoms with van der Waals surface area (Å²) in [6.45, 7) is 4.26. The summed E-state index contributed by atoms with van der Waals surface area (Å²) in [7, 11) is 7.48. The van der Waals surface area contributed by atoms with E-state index in [0.29, 0.717) is 0 Å². The van der Waals surface area contributed by atoms with Crippen LogP contribution in [0, 0.1) is 13.8 Å². The van der Waals surface area contributed by atoms with Crippen LogP contribution >= 0.6 is 0 Å². The average molecular weight is 466 g/mol. The van der Waals surface area contributed by atoms with E-state index in [4.69, 9.17) is 14.2 Å². The summed E-state index contributed by atoms with van der Waals surface area (Å²) >= 11 is 0. The van der Waals surface area contributed by atoms with Crippen molar-refractivity contribution in [3.05, 3.63) is 101 Å². The average Bonchev–Trinajstić information content (AvgIpc) is 2.89. The van der Waals surface area contributed by atoms with Crippen LogP contribution in [0.2, 0.25) is 0 Å². The van der Waals surface area contributed by atoms with Crippen molar-refractivity contribution in [3.8, 4) is 17.2 Å². The lowest BCUT2D eigenvalue weighted by molar-refractivity contribution is 0.163. The third-order valence-electron chi connectivity index (χ3n) is 6.95. The summed E-state index contributed by atoms with van der Waals surface area (Å²) in [5.74, 6) is 2.51. The van der Waals surface area contributed by atoms with Crippen LogP contribution in [0.4, 0.5) is 5.69 Å². The molecule has 1 atom stereocenters. The zero-order valence-corrected chi connectivity index (χ0v) is 21.2. The normalized spacial score (nSPS) is 16.5. The highest BCUT2D eigenvalue weighted by atomic mass is 16.5. The second-order valence-corrected chi connectivity index (χ2v) is 9.32. The number of fused-ring (bicyclic) bond motifs is 3. The predicted octanol–water partition coefficient (Wildman–Crippen LogP) is 6.89. The maximum atomic E-state index is 7.12. The van der Waals surface area contributed by atoms with Crippen LogP contribution in [0.25, 0.3) is 16.8 Å². The van der Waals surface area contributed by atoms with Crippen molar-refractivity contribution in [2.24, 2.45) is 0 Å². The van der Waals surface area contributed by atoms with Crippen molar-refractivity contribution in [2.75, 3.05) is 33.2 Å². The highest BCUT2D eigenvalue weighted by molar-refractivity contribution is 5.97. The van der Waals surface area contributed by atoms with Crippen molar-refractivity contribution in [1.29, 1.82) is 0 Å². The molecule has 4 aromatic rings. The molecule has 1 unspecified atom stereocenters. The largest absolute Gasteiger partial charge is 0.497 e. The van der Waals surface area contributed by atoms with E-state index >= 15 is 0 Å².